The van der Waals surface area contributed by atoms with E-state index >= 15 is 0 Å². The molecular weight excluding hydrogens is 94.3 g/mol. The lowest BCUT2D eigenvalue weighted by molar-refractivity contribution is 0.820. The first-order chi connectivity index (χ1) is 2.56. The van der Waals surface area contributed by atoms with Gasteiger partial charge in [-0.05, 0) is 6.42 Å². The van der Waals surface area contributed by atoms with E-state index in [1.807, 2.05) is 6.92 Å². The Labute approximate surface area is 45.3 Å². The van der Waals surface area contributed by atoms with Crippen molar-refractivity contribution >= 4 is 19.4 Å². The summed E-state index contributed by atoms with van der Waals surface area (Å²) >= 11 is 5.50. The predicted octanol–water partition coefficient (Wildman–Crippen LogP) is 1.52. The average molecular weight is 102 g/mol. The highest BCUT2D eigenvalue weighted by molar-refractivity contribution is 6.44. The number of alkyl halides is 1. The minimum atomic E-state index is -0.486. The van der Waals surface area contributed by atoms with Crippen molar-refractivity contribution in [2.45, 2.75) is 25.0 Å². The summed E-state index contributed by atoms with van der Waals surface area (Å²) in [6.07, 6.45) is 0.814. The topological polar surface area (TPSA) is 0 Å². The summed E-state index contributed by atoms with van der Waals surface area (Å²) in [5.74, 6) is 0. The van der Waals surface area contributed by atoms with E-state index in [1.54, 1.807) is 6.92 Å². The molecule has 0 bridgehead atoms. The highest BCUT2D eigenvalue weighted by Crippen LogP contribution is 2.11. The van der Waals surface area contributed by atoms with Gasteiger partial charge in [-0.25, -0.2) is 0 Å². The van der Waals surface area contributed by atoms with Crippen LogP contribution < -0.4 is 0 Å². The van der Waals surface area contributed by atoms with E-state index in [4.69, 9.17) is 19.4 Å². The van der Waals surface area contributed by atoms with Crippen LogP contribution in [0.15, 0.2) is 0 Å². The molecule has 0 heterocycles. The van der Waals surface area contributed by atoms with Gasteiger partial charge >= 0.3 is 0 Å². The van der Waals surface area contributed by atoms with Crippen molar-refractivity contribution in [1.82, 2.24) is 0 Å². The maximum atomic E-state index is 5.50. The molecule has 1 unspecified atom stereocenters. The molecule has 0 aliphatic carbocycles. The van der Waals surface area contributed by atoms with Crippen molar-refractivity contribution in [2.24, 2.45) is 0 Å². The van der Waals surface area contributed by atoms with Gasteiger partial charge < -0.3 is 0 Å². The van der Waals surface area contributed by atoms with Gasteiger partial charge in [-0.3, -0.25) is 0 Å². The van der Waals surface area contributed by atoms with Crippen molar-refractivity contribution in [3.63, 3.8) is 0 Å². The van der Waals surface area contributed by atoms with Crippen LogP contribution in [0.1, 0.15) is 20.3 Å². The molecule has 2 radical (unpaired) electrons. The maximum Gasteiger partial charge on any atom is 0.0960 e. The third kappa shape index (κ3) is 4.35. The predicted molar refractivity (Wildman–Crippen MR) is 30.3 cm³/mol. The van der Waals surface area contributed by atoms with Gasteiger partial charge in [0.2, 0.25) is 0 Å². The summed E-state index contributed by atoms with van der Waals surface area (Å²) < 4.78 is -0.486. The van der Waals surface area contributed by atoms with Gasteiger partial charge in [0.1, 0.15) is 0 Å². The molecule has 0 aliphatic heterocycles. The summed E-state index contributed by atoms with van der Waals surface area (Å²) in [6.45, 7) is 3.74. The molecule has 0 aromatic rings. The van der Waals surface area contributed by atoms with Gasteiger partial charge in [-0.2, -0.15) is 0 Å². The lowest BCUT2D eigenvalue weighted by Gasteiger charge is -2.09. The standard InChI is InChI=1S/C4H8BCl/c1-3-4(2,5)6/h3H2,1-2H3. The van der Waals surface area contributed by atoms with Crippen LogP contribution in [-0.4, -0.2) is 12.6 Å². The van der Waals surface area contributed by atoms with Gasteiger partial charge in [0.05, 0.1) is 7.85 Å². The van der Waals surface area contributed by atoms with Crippen LogP contribution in [0, 0.1) is 0 Å². The van der Waals surface area contributed by atoms with Crippen LogP contribution in [0.3, 0.4) is 0 Å². The summed E-state index contributed by atoms with van der Waals surface area (Å²) in [5.41, 5.74) is 0. The van der Waals surface area contributed by atoms with E-state index in [0.29, 0.717) is 0 Å². The van der Waals surface area contributed by atoms with E-state index in [9.17, 15) is 0 Å². The van der Waals surface area contributed by atoms with Crippen molar-refractivity contribution in [2.75, 3.05) is 0 Å². The maximum absolute atomic E-state index is 5.50. The zero-order chi connectivity index (χ0) is 5.21. The Morgan fingerprint density at radius 2 is 2.00 bits per heavy atom. The Morgan fingerprint density at radius 3 is 2.00 bits per heavy atom. The molecule has 0 amide bonds. The molecule has 0 nitrogen and oxygen atoms in total. The fourth-order valence-corrected chi connectivity index (χ4v) is 0. The van der Waals surface area contributed by atoms with Crippen LogP contribution in [0.2, 0.25) is 0 Å². The van der Waals surface area contributed by atoms with Crippen LogP contribution in [0.4, 0.5) is 0 Å². The quantitative estimate of drug-likeness (QED) is 0.348. The molecule has 0 spiro atoms. The Balaban J connectivity index is 3.17. The fourth-order valence-electron chi connectivity index (χ4n) is 0. The van der Waals surface area contributed by atoms with E-state index < -0.39 is 4.77 Å². The molecular formula is C4H8BCl. The van der Waals surface area contributed by atoms with Gasteiger partial charge in [-0.1, -0.05) is 13.8 Å². The summed E-state index contributed by atoms with van der Waals surface area (Å²) in [7, 11) is 5.30. The fraction of sp³-hybridized carbons (Fsp3) is 1.00. The second-order valence-electron chi connectivity index (χ2n) is 1.63. The summed E-state index contributed by atoms with van der Waals surface area (Å²) in [5, 5.41) is 0. The number of halogens is 1. The largest absolute Gasteiger partial charge is 0.130 e. The van der Waals surface area contributed by atoms with Crippen LogP contribution in [0.5, 0.6) is 0 Å². The number of hydrogen-bond donors (Lipinski definition) is 0. The molecule has 6 heavy (non-hydrogen) atoms. The summed E-state index contributed by atoms with van der Waals surface area (Å²) in [4.78, 5) is 0. The van der Waals surface area contributed by atoms with E-state index in [2.05, 4.69) is 0 Å². The number of rotatable bonds is 1. The van der Waals surface area contributed by atoms with Crippen molar-refractivity contribution < 1.29 is 0 Å². The third-order valence-electron chi connectivity index (χ3n) is 0.691. The van der Waals surface area contributed by atoms with Crippen molar-refractivity contribution in [3.8, 4) is 0 Å². The van der Waals surface area contributed by atoms with Crippen molar-refractivity contribution in [3.05, 3.63) is 0 Å². The molecule has 0 aromatic carbocycles. The lowest BCUT2D eigenvalue weighted by atomic mass is 9.86. The van der Waals surface area contributed by atoms with Gasteiger partial charge in [0, 0.05) is 4.77 Å². The first kappa shape index (κ1) is 6.35. The lowest BCUT2D eigenvalue weighted by Crippen LogP contribution is -2.12. The summed E-state index contributed by atoms with van der Waals surface area (Å²) in [6, 6.07) is 0. The molecule has 0 saturated carbocycles. The second-order valence-corrected chi connectivity index (χ2v) is 2.50. The van der Waals surface area contributed by atoms with Gasteiger partial charge in [-0.15, -0.1) is 11.6 Å². The Bertz CT molecular complexity index is 37.3. The Kier molecular flexibility index (Phi) is 1.99. The molecule has 2 heteroatoms. The molecule has 0 rings (SSSR count). The third-order valence-corrected chi connectivity index (χ3v) is 0.959. The van der Waals surface area contributed by atoms with E-state index in [0.717, 1.165) is 6.42 Å². The zero-order valence-electron chi connectivity index (χ0n) is 4.16. The molecule has 0 N–H and O–H groups in total. The molecule has 0 saturated heterocycles. The molecule has 0 fully saturated rings. The first-order valence-corrected chi connectivity index (χ1v) is 2.42. The highest BCUT2D eigenvalue weighted by atomic mass is 35.5. The Hall–Kier alpha value is 0.355. The molecule has 34 valence electrons. The first-order valence-electron chi connectivity index (χ1n) is 2.04. The monoisotopic (exact) mass is 102 g/mol. The van der Waals surface area contributed by atoms with Crippen molar-refractivity contribution in [1.29, 1.82) is 0 Å². The normalized spacial score (nSPS) is 19.8. The SMILES string of the molecule is [B]C(C)(Cl)CC. The smallest absolute Gasteiger partial charge is 0.0960 e. The molecule has 0 aliphatic rings. The minimum Gasteiger partial charge on any atom is -0.130 e. The van der Waals surface area contributed by atoms with E-state index in [1.165, 1.54) is 0 Å². The van der Waals surface area contributed by atoms with Crippen LogP contribution >= 0.6 is 11.6 Å². The molecule has 0 aromatic heterocycles. The Morgan fingerprint density at radius 1 is 1.83 bits per heavy atom. The second kappa shape index (κ2) is 1.88. The van der Waals surface area contributed by atoms with Crippen LogP contribution in [0.25, 0.3) is 0 Å². The van der Waals surface area contributed by atoms with Gasteiger partial charge in [0.15, 0.2) is 0 Å². The molecule has 1 atom stereocenters. The number of hydrogen-bond acceptors (Lipinski definition) is 0. The minimum absolute atomic E-state index is 0.486. The van der Waals surface area contributed by atoms with Gasteiger partial charge in [0.25, 0.3) is 0 Å². The highest BCUT2D eigenvalue weighted by Gasteiger charge is 2.06. The average Bonchev–Trinajstić information content (AvgIpc) is 1.35. The zero-order valence-corrected chi connectivity index (χ0v) is 4.92. The van der Waals surface area contributed by atoms with E-state index in [-0.39, 0.29) is 0 Å². The van der Waals surface area contributed by atoms with Crippen LogP contribution in [-0.2, 0) is 0 Å².